The molecule has 0 fully saturated rings. The number of phenols is 2. The van der Waals surface area contributed by atoms with Crippen LogP contribution in [0.25, 0.3) is 0 Å². The van der Waals surface area contributed by atoms with E-state index in [9.17, 15) is 10.2 Å². The highest BCUT2D eigenvalue weighted by molar-refractivity contribution is 9.10. The molecule has 2 N–H and O–H groups in total. The van der Waals surface area contributed by atoms with Gasteiger partial charge in [0.2, 0.25) is 0 Å². The monoisotopic (exact) mass is 353 g/mol. The molecule has 2 rings (SSSR count). The molecule has 0 saturated heterocycles. The summed E-state index contributed by atoms with van der Waals surface area (Å²) in [5.74, 6) is 0.156. The van der Waals surface area contributed by atoms with Crippen molar-refractivity contribution in [2.45, 2.75) is 13.3 Å². The number of phenolic OH excluding ortho intramolecular Hbond substituents is 2. The van der Waals surface area contributed by atoms with E-state index in [0.29, 0.717) is 20.7 Å². The Morgan fingerprint density at radius 2 is 2.00 bits per heavy atom. The minimum Gasteiger partial charge on any atom is -0.506 e. The third-order valence-corrected chi connectivity index (χ3v) is 3.67. The van der Waals surface area contributed by atoms with Crippen molar-refractivity contribution in [3.05, 3.63) is 51.0 Å². The fourth-order valence-corrected chi connectivity index (χ4v) is 2.55. The van der Waals surface area contributed by atoms with Crippen molar-refractivity contribution in [1.82, 2.24) is 0 Å². The fourth-order valence-electron chi connectivity index (χ4n) is 1.72. The molecule has 2 aromatic carbocycles. The summed E-state index contributed by atoms with van der Waals surface area (Å²) in [5.41, 5.74) is 2.01. The summed E-state index contributed by atoms with van der Waals surface area (Å²) in [6.45, 7) is 2.03. The van der Waals surface area contributed by atoms with Gasteiger partial charge in [0.15, 0.2) is 0 Å². The van der Waals surface area contributed by atoms with Crippen LogP contribution in [0.15, 0.2) is 39.8 Å². The van der Waals surface area contributed by atoms with Gasteiger partial charge < -0.3 is 10.2 Å². The third kappa shape index (κ3) is 3.32. The third-order valence-electron chi connectivity index (χ3n) is 2.85. The average Bonchev–Trinajstić information content (AvgIpc) is 2.42. The lowest BCUT2D eigenvalue weighted by atomic mass is 10.1. The summed E-state index contributed by atoms with van der Waals surface area (Å²) in [7, 11) is 0. The van der Waals surface area contributed by atoms with Gasteiger partial charge in [0.25, 0.3) is 0 Å². The standard InChI is InChI=1S/C15H13BrClNO2/c1-2-9-3-4-14(19)13(5-9)18-8-10-6-11(17)7-12(16)15(10)20/h3-8,19-20H,2H2,1H3. The molecule has 0 aliphatic rings. The van der Waals surface area contributed by atoms with Crippen LogP contribution in [0.4, 0.5) is 5.69 Å². The van der Waals surface area contributed by atoms with Gasteiger partial charge in [-0.3, -0.25) is 4.99 Å². The summed E-state index contributed by atoms with van der Waals surface area (Å²) in [5, 5.41) is 20.2. The van der Waals surface area contributed by atoms with E-state index < -0.39 is 0 Å². The summed E-state index contributed by atoms with van der Waals surface area (Å²) in [6.07, 6.45) is 2.33. The van der Waals surface area contributed by atoms with Crippen molar-refractivity contribution in [2.24, 2.45) is 4.99 Å². The molecular weight excluding hydrogens is 342 g/mol. The van der Waals surface area contributed by atoms with Crippen LogP contribution in [0.1, 0.15) is 18.1 Å². The predicted octanol–water partition coefficient (Wildman–Crippen LogP) is 4.83. The second-order valence-electron chi connectivity index (χ2n) is 4.26. The van der Waals surface area contributed by atoms with Crippen molar-refractivity contribution < 1.29 is 10.2 Å². The Balaban J connectivity index is 2.39. The molecule has 3 nitrogen and oxygen atoms in total. The van der Waals surface area contributed by atoms with Crippen LogP contribution in [-0.4, -0.2) is 16.4 Å². The Bertz CT molecular complexity index is 671. The van der Waals surface area contributed by atoms with Gasteiger partial charge in [-0.1, -0.05) is 24.6 Å². The number of hydrogen-bond acceptors (Lipinski definition) is 3. The molecular formula is C15H13BrClNO2. The van der Waals surface area contributed by atoms with Gasteiger partial charge in [-0.2, -0.15) is 0 Å². The summed E-state index contributed by atoms with van der Waals surface area (Å²) < 4.78 is 0.498. The molecule has 0 radical (unpaired) electrons. The molecule has 0 unspecified atom stereocenters. The number of hydrogen-bond donors (Lipinski definition) is 2. The zero-order valence-electron chi connectivity index (χ0n) is 10.8. The van der Waals surface area contributed by atoms with Gasteiger partial charge in [-0.25, -0.2) is 0 Å². The van der Waals surface area contributed by atoms with Gasteiger partial charge in [0, 0.05) is 16.8 Å². The topological polar surface area (TPSA) is 52.8 Å². The summed E-state index contributed by atoms with van der Waals surface area (Å²) in [4.78, 5) is 4.21. The zero-order valence-corrected chi connectivity index (χ0v) is 13.1. The summed E-state index contributed by atoms with van der Waals surface area (Å²) >= 11 is 9.15. The normalized spacial score (nSPS) is 11.2. The second kappa shape index (κ2) is 6.29. The maximum Gasteiger partial charge on any atom is 0.141 e. The first-order valence-corrected chi connectivity index (χ1v) is 7.22. The molecule has 0 spiro atoms. The van der Waals surface area contributed by atoms with Gasteiger partial charge in [-0.15, -0.1) is 0 Å². The molecule has 0 heterocycles. The second-order valence-corrected chi connectivity index (χ2v) is 5.55. The smallest absolute Gasteiger partial charge is 0.141 e. The highest BCUT2D eigenvalue weighted by atomic mass is 79.9. The van der Waals surface area contributed by atoms with Gasteiger partial charge in [-0.05, 0) is 52.2 Å². The molecule has 2 aromatic rings. The maximum absolute atomic E-state index is 9.91. The molecule has 0 aliphatic heterocycles. The van der Waals surface area contributed by atoms with Crippen LogP contribution in [0.5, 0.6) is 11.5 Å². The highest BCUT2D eigenvalue weighted by Crippen LogP contribution is 2.32. The molecule has 104 valence electrons. The average molecular weight is 355 g/mol. The fraction of sp³-hybridized carbons (Fsp3) is 0.133. The van der Waals surface area contributed by atoms with Crippen LogP contribution in [0.3, 0.4) is 0 Å². The van der Waals surface area contributed by atoms with Gasteiger partial charge in [0.1, 0.15) is 17.2 Å². The van der Waals surface area contributed by atoms with Gasteiger partial charge >= 0.3 is 0 Å². The van der Waals surface area contributed by atoms with Crippen molar-refractivity contribution in [3.8, 4) is 11.5 Å². The van der Waals surface area contributed by atoms with Crippen molar-refractivity contribution in [2.75, 3.05) is 0 Å². The van der Waals surface area contributed by atoms with E-state index in [2.05, 4.69) is 20.9 Å². The lowest BCUT2D eigenvalue weighted by Gasteiger charge is -2.04. The number of aryl methyl sites for hydroxylation is 1. The van der Waals surface area contributed by atoms with Crippen LogP contribution in [0.2, 0.25) is 5.02 Å². The number of aliphatic imine (C=N–C) groups is 1. The van der Waals surface area contributed by atoms with Crippen molar-refractivity contribution in [3.63, 3.8) is 0 Å². The quantitative estimate of drug-likeness (QED) is 0.776. The van der Waals surface area contributed by atoms with Crippen LogP contribution in [0, 0.1) is 0 Å². The number of nitrogens with zero attached hydrogens (tertiary/aromatic N) is 1. The van der Waals surface area contributed by atoms with Crippen molar-refractivity contribution >= 4 is 39.4 Å². The van der Waals surface area contributed by atoms with E-state index in [1.165, 1.54) is 6.21 Å². The molecule has 20 heavy (non-hydrogen) atoms. The zero-order chi connectivity index (χ0) is 14.7. The van der Waals surface area contributed by atoms with E-state index in [0.717, 1.165) is 12.0 Å². The molecule has 0 aromatic heterocycles. The molecule has 0 atom stereocenters. The van der Waals surface area contributed by atoms with E-state index in [4.69, 9.17) is 11.6 Å². The van der Waals surface area contributed by atoms with Crippen LogP contribution in [-0.2, 0) is 6.42 Å². The Hall–Kier alpha value is -1.52. The highest BCUT2D eigenvalue weighted by Gasteiger charge is 2.06. The Morgan fingerprint density at radius 1 is 1.25 bits per heavy atom. The van der Waals surface area contributed by atoms with Crippen LogP contribution < -0.4 is 0 Å². The summed E-state index contributed by atoms with van der Waals surface area (Å²) in [6, 6.07) is 8.47. The predicted molar refractivity (Wildman–Crippen MR) is 85.6 cm³/mol. The first-order chi connectivity index (χ1) is 9.51. The van der Waals surface area contributed by atoms with Gasteiger partial charge in [0.05, 0.1) is 4.47 Å². The number of halogens is 2. The first kappa shape index (κ1) is 14.9. The first-order valence-electron chi connectivity index (χ1n) is 6.05. The lowest BCUT2D eigenvalue weighted by Crippen LogP contribution is -1.85. The molecule has 5 heteroatoms. The Kier molecular flexibility index (Phi) is 4.68. The van der Waals surface area contributed by atoms with Crippen molar-refractivity contribution in [1.29, 1.82) is 0 Å². The Morgan fingerprint density at radius 3 is 2.70 bits per heavy atom. The molecule has 0 saturated carbocycles. The molecule has 0 bridgehead atoms. The number of benzene rings is 2. The van der Waals surface area contributed by atoms with Crippen LogP contribution >= 0.6 is 27.5 Å². The van der Waals surface area contributed by atoms with E-state index in [-0.39, 0.29) is 11.5 Å². The Labute approximate surface area is 130 Å². The SMILES string of the molecule is CCc1ccc(O)c(N=Cc2cc(Cl)cc(Br)c2O)c1. The molecule has 0 amide bonds. The largest absolute Gasteiger partial charge is 0.506 e. The van der Waals surface area contributed by atoms with E-state index in [1.54, 1.807) is 18.2 Å². The maximum atomic E-state index is 9.91. The van der Waals surface area contributed by atoms with E-state index >= 15 is 0 Å². The number of aromatic hydroxyl groups is 2. The minimum absolute atomic E-state index is 0.0595. The molecule has 0 aliphatic carbocycles. The lowest BCUT2D eigenvalue weighted by molar-refractivity contribution is 0.471. The van der Waals surface area contributed by atoms with E-state index in [1.807, 2.05) is 19.1 Å². The minimum atomic E-state index is 0.0595. The number of rotatable bonds is 3.